The van der Waals surface area contributed by atoms with Gasteiger partial charge in [-0.15, -0.1) is 0 Å². The fourth-order valence-corrected chi connectivity index (χ4v) is 6.34. The summed E-state index contributed by atoms with van der Waals surface area (Å²) in [5.41, 5.74) is 3.08. The van der Waals surface area contributed by atoms with Crippen molar-refractivity contribution >= 4 is 15.9 Å². The first-order valence-electron chi connectivity index (χ1n) is 11.6. The number of nitrogens with one attached hydrogen (secondary N) is 1. The molecule has 0 spiro atoms. The molecular weight excluding hydrogens is 440 g/mol. The highest BCUT2D eigenvalue weighted by Crippen LogP contribution is 2.32. The van der Waals surface area contributed by atoms with E-state index in [4.69, 9.17) is 9.47 Å². The zero-order chi connectivity index (χ0) is 23.4. The lowest BCUT2D eigenvalue weighted by atomic mass is 9.87. The van der Waals surface area contributed by atoms with Crippen LogP contribution in [0.2, 0.25) is 0 Å². The molecule has 1 saturated heterocycles. The van der Waals surface area contributed by atoms with Crippen molar-refractivity contribution in [2.75, 3.05) is 27.3 Å². The highest BCUT2D eigenvalue weighted by atomic mass is 32.2. The van der Waals surface area contributed by atoms with Crippen LogP contribution < -0.4 is 14.8 Å². The van der Waals surface area contributed by atoms with Crippen LogP contribution in [-0.4, -0.2) is 45.9 Å². The molecule has 0 saturated carbocycles. The molecule has 178 valence electrons. The molecule has 33 heavy (non-hydrogen) atoms. The van der Waals surface area contributed by atoms with E-state index in [-0.39, 0.29) is 23.3 Å². The summed E-state index contributed by atoms with van der Waals surface area (Å²) in [5.74, 6) is 1.37. The van der Waals surface area contributed by atoms with Crippen LogP contribution in [0.1, 0.15) is 54.8 Å². The molecule has 8 heteroatoms. The number of sulfonamides is 1. The van der Waals surface area contributed by atoms with Crippen LogP contribution >= 0.6 is 0 Å². The molecule has 0 aromatic heterocycles. The standard InChI is InChI=1S/C25H32N2O5S/c1-31-20-9-11-22-18(16-20)6-5-7-23(22)26-25(28)13-8-19-17-21(10-12-24(19)32-2)33(29,30)27-14-3-4-15-27/h9-12,16-17,23H,3-8,13-15H2,1-2H3,(H,26,28)/t23-/m0/s1. The van der Waals surface area contributed by atoms with Crippen LogP contribution in [0.15, 0.2) is 41.3 Å². The van der Waals surface area contributed by atoms with Crippen molar-refractivity contribution in [3.8, 4) is 11.5 Å². The fourth-order valence-electron chi connectivity index (χ4n) is 4.77. The van der Waals surface area contributed by atoms with Gasteiger partial charge in [-0.05, 0) is 85.5 Å². The quantitative estimate of drug-likeness (QED) is 0.634. The second-order valence-corrected chi connectivity index (χ2v) is 10.6. The maximum Gasteiger partial charge on any atom is 0.243 e. The van der Waals surface area contributed by atoms with Gasteiger partial charge in [0.1, 0.15) is 11.5 Å². The van der Waals surface area contributed by atoms with Crippen LogP contribution in [0, 0.1) is 0 Å². The van der Waals surface area contributed by atoms with E-state index in [1.807, 2.05) is 18.2 Å². The Morgan fingerprint density at radius 3 is 2.58 bits per heavy atom. The molecule has 4 rings (SSSR count). The zero-order valence-electron chi connectivity index (χ0n) is 19.3. The molecule has 1 amide bonds. The first kappa shape index (κ1) is 23.6. The van der Waals surface area contributed by atoms with Gasteiger partial charge in [-0.3, -0.25) is 4.79 Å². The van der Waals surface area contributed by atoms with E-state index in [1.54, 1.807) is 32.4 Å². The predicted octanol–water partition coefficient (Wildman–Crippen LogP) is 3.61. The highest BCUT2D eigenvalue weighted by molar-refractivity contribution is 7.89. The van der Waals surface area contributed by atoms with Crippen molar-refractivity contribution in [2.45, 2.75) is 55.9 Å². The number of benzene rings is 2. The molecule has 1 aliphatic heterocycles. The molecule has 0 unspecified atom stereocenters. The summed E-state index contributed by atoms with van der Waals surface area (Å²) >= 11 is 0. The van der Waals surface area contributed by atoms with E-state index in [2.05, 4.69) is 5.32 Å². The van der Waals surface area contributed by atoms with Gasteiger partial charge in [-0.25, -0.2) is 8.42 Å². The molecule has 2 aromatic rings. The molecule has 1 heterocycles. The number of carbonyl (C=O) groups is 1. The third kappa shape index (κ3) is 5.17. The van der Waals surface area contributed by atoms with Crippen LogP contribution in [0.4, 0.5) is 0 Å². The summed E-state index contributed by atoms with van der Waals surface area (Å²) < 4.78 is 38.2. The Morgan fingerprint density at radius 2 is 1.85 bits per heavy atom. The molecular formula is C25H32N2O5S. The van der Waals surface area contributed by atoms with Crippen molar-refractivity contribution < 1.29 is 22.7 Å². The first-order valence-corrected chi connectivity index (χ1v) is 13.0. The van der Waals surface area contributed by atoms with Gasteiger partial charge in [0.25, 0.3) is 0 Å². The summed E-state index contributed by atoms with van der Waals surface area (Å²) in [5, 5.41) is 3.16. The van der Waals surface area contributed by atoms with Crippen molar-refractivity contribution in [3.63, 3.8) is 0 Å². The van der Waals surface area contributed by atoms with Gasteiger partial charge in [0.05, 0.1) is 25.2 Å². The Hall–Kier alpha value is -2.58. The number of ether oxygens (including phenoxy) is 2. The minimum atomic E-state index is -3.52. The Morgan fingerprint density at radius 1 is 1.06 bits per heavy atom. The molecule has 0 bridgehead atoms. The number of carbonyl (C=O) groups excluding carboxylic acids is 1. The minimum Gasteiger partial charge on any atom is -0.497 e. The Kier molecular flexibility index (Phi) is 7.24. The van der Waals surface area contributed by atoms with Crippen LogP contribution in [-0.2, 0) is 27.7 Å². The van der Waals surface area contributed by atoms with E-state index < -0.39 is 10.0 Å². The van der Waals surface area contributed by atoms with E-state index in [0.29, 0.717) is 25.3 Å². The highest BCUT2D eigenvalue weighted by Gasteiger charge is 2.28. The first-order chi connectivity index (χ1) is 15.9. The summed E-state index contributed by atoms with van der Waals surface area (Å²) in [6.07, 6.45) is 5.33. The predicted molar refractivity (Wildman–Crippen MR) is 126 cm³/mol. The van der Waals surface area contributed by atoms with Crippen LogP contribution in [0.5, 0.6) is 11.5 Å². The second-order valence-electron chi connectivity index (χ2n) is 8.66. The van der Waals surface area contributed by atoms with Crippen LogP contribution in [0.3, 0.4) is 0 Å². The van der Waals surface area contributed by atoms with Crippen molar-refractivity contribution in [2.24, 2.45) is 0 Å². The van der Waals surface area contributed by atoms with E-state index in [9.17, 15) is 13.2 Å². The van der Waals surface area contributed by atoms with Gasteiger partial charge < -0.3 is 14.8 Å². The normalized spacial score (nSPS) is 18.5. The Labute approximate surface area is 196 Å². The molecule has 1 fully saturated rings. The minimum absolute atomic E-state index is 0.0177. The number of rotatable bonds is 8. The van der Waals surface area contributed by atoms with E-state index >= 15 is 0 Å². The summed E-state index contributed by atoms with van der Waals surface area (Å²) in [6.45, 7) is 1.11. The molecule has 2 aromatic carbocycles. The monoisotopic (exact) mass is 472 g/mol. The maximum absolute atomic E-state index is 12.9. The average Bonchev–Trinajstić information content (AvgIpc) is 3.38. The number of nitrogens with zero attached hydrogens (tertiary/aromatic N) is 1. The lowest BCUT2D eigenvalue weighted by Crippen LogP contribution is -2.31. The van der Waals surface area contributed by atoms with Gasteiger partial charge in [0.2, 0.25) is 15.9 Å². The third-order valence-electron chi connectivity index (χ3n) is 6.58. The summed E-state index contributed by atoms with van der Waals surface area (Å²) in [6, 6.07) is 10.9. The third-order valence-corrected chi connectivity index (χ3v) is 8.47. The molecule has 1 aliphatic carbocycles. The fraction of sp³-hybridized carbons (Fsp3) is 0.480. The van der Waals surface area contributed by atoms with Gasteiger partial charge >= 0.3 is 0 Å². The molecule has 7 nitrogen and oxygen atoms in total. The molecule has 0 radical (unpaired) electrons. The van der Waals surface area contributed by atoms with Crippen molar-refractivity contribution in [3.05, 3.63) is 53.1 Å². The Balaban J connectivity index is 1.44. The molecule has 2 aliphatic rings. The zero-order valence-corrected chi connectivity index (χ0v) is 20.1. The van der Waals surface area contributed by atoms with Crippen molar-refractivity contribution in [1.29, 1.82) is 0 Å². The van der Waals surface area contributed by atoms with Gasteiger partial charge in [0.15, 0.2) is 0 Å². The average molecular weight is 473 g/mol. The lowest BCUT2D eigenvalue weighted by Gasteiger charge is -2.27. The lowest BCUT2D eigenvalue weighted by molar-refractivity contribution is -0.121. The van der Waals surface area contributed by atoms with E-state index in [0.717, 1.165) is 49.0 Å². The van der Waals surface area contributed by atoms with E-state index in [1.165, 1.54) is 9.87 Å². The number of fused-ring (bicyclic) bond motifs is 1. The van der Waals surface area contributed by atoms with Gasteiger partial charge in [-0.2, -0.15) is 4.31 Å². The summed E-state index contributed by atoms with van der Waals surface area (Å²) in [7, 11) is -0.307. The number of amides is 1. The number of aryl methyl sites for hydroxylation is 2. The van der Waals surface area contributed by atoms with Gasteiger partial charge in [-0.1, -0.05) is 6.07 Å². The smallest absolute Gasteiger partial charge is 0.243 e. The largest absolute Gasteiger partial charge is 0.497 e. The maximum atomic E-state index is 12.9. The number of hydrogen-bond donors (Lipinski definition) is 1. The SMILES string of the molecule is COc1ccc2c(c1)CCC[C@@H]2NC(=O)CCc1cc(S(=O)(=O)N2CCCC2)ccc1OC. The van der Waals surface area contributed by atoms with Gasteiger partial charge in [0, 0.05) is 19.5 Å². The second kappa shape index (κ2) is 10.1. The topological polar surface area (TPSA) is 84.9 Å². The molecule has 1 N–H and O–H groups in total. The number of methoxy groups -OCH3 is 2. The van der Waals surface area contributed by atoms with Crippen LogP contribution in [0.25, 0.3) is 0 Å². The Bertz CT molecular complexity index is 1110. The van der Waals surface area contributed by atoms with Crippen molar-refractivity contribution in [1.82, 2.24) is 9.62 Å². The number of hydrogen-bond acceptors (Lipinski definition) is 5. The summed E-state index contributed by atoms with van der Waals surface area (Å²) in [4.78, 5) is 13.1. The molecule has 1 atom stereocenters.